The lowest BCUT2D eigenvalue weighted by Crippen LogP contribution is -2.48. The fourth-order valence-corrected chi connectivity index (χ4v) is 3.29. The number of aromatic nitrogens is 2. The van der Waals surface area contributed by atoms with Crippen molar-refractivity contribution in [3.63, 3.8) is 0 Å². The second-order valence-corrected chi connectivity index (χ2v) is 6.92. The highest BCUT2D eigenvalue weighted by molar-refractivity contribution is 6.30. The Labute approximate surface area is 162 Å². The van der Waals surface area contributed by atoms with Gasteiger partial charge in [0.2, 0.25) is 0 Å². The molecule has 0 unspecified atom stereocenters. The van der Waals surface area contributed by atoms with E-state index in [1.165, 1.54) is 0 Å². The first-order valence-electron chi connectivity index (χ1n) is 8.74. The first-order chi connectivity index (χ1) is 13.0. The van der Waals surface area contributed by atoms with Crippen LogP contribution in [-0.4, -0.2) is 42.1 Å². The van der Waals surface area contributed by atoms with Crippen molar-refractivity contribution in [3.8, 4) is 5.75 Å². The molecule has 138 valence electrons. The molecule has 27 heavy (non-hydrogen) atoms. The Morgan fingerprint density at radius 3 is 2.48 bits per heavy atom. The number of anilines is 2. The number of rotatable bonds is 3. The van der Waals surface area contributed by atoms with E-state index in [0.717, 1.165) is 11.0 Å². The molecule has 7 heteroatoms. The number of hydrogen-bond acceptors (Lipinski definition) is 5. The van der Waals surface area contributed by atoms with Crippen LogP contribution in [0.1, 0.15) is 6.92 Å². The average molecular weight is 383 g/mol. The predicted octanol–water partition coefficient (Wildman–Crippen LogP) is 3.53. The average Bonchev–Trinajstić information content (AvgIpc) is 2.66. The van der Waals surface area contributed by atoms with Gasteiger partial charge in [0.05, 0.1) is 11.0 Å². The molecule has 1 atom stereocenters. The van der Waals surface area contributed by atoms with Crippen LogP contribution >= 0.6 is 11.6 Å². The summed E-state index contributed by atoms with van der Waals surface area (Å²) in [5.74, 6) is 1.66. The molecule has 6 nitrogen and oxygen atoms in total. The highest BCUT2D eigenvalue weighted by Crippen LogP contribution is 2.31. The van der Waals surface area contributed by atoms with Crippen molar-refractivity contribution in [2.24, 2.45) is 0 Å². The number of benzene rings is 2. The van der Waals surface area contributed by atoms with Crippen LogP contribution in [0.4, 0.5) is 11.6 Å². The van der Waals surface area contributed by atoms with E-state index in [1.54, 1.807) is 36.1 Å². The number of para-hydroxylation sites is 2. The van der Waals surface area contributed by atoms with Gasteiger partial charge in [-0.25, -0.2) is 9.97 Å². The van der Waals surface area contributed by atoms with Gasteiger partial charge >= 0.3 is 0 Å². The fraction of sp³-hybridized carbons (Fsp3) is 0.250. The van der Waals surface area contributed by atoms with Crippen molar-refractivity contribution in [1.82, 2.24) is 9.97 Å². The standard InChI is InChI=1S/C20H19ClN4O2/c1-13(27-15-7-5-6-14(21)12-15)20(26)25-11-10-24(2)18-19(25)23-17-9-4-3-8-16(17)22-18/h3-9,12-13H,10-11H2,1-2H3/t13-/m0/s1. The first kappa shape index (κ1) is 17.5. The molecule has 4 rings (SSSR count). The molecule has 1 aliphatic rings. The van der Waals surface area contributed by atoms with Crippen LogP contribution in [0.3, 0.4) is 0 Å². The van der Waals surface area contributed by atoms with E-state index in [2.05, 4.69) is 0 Å². The minimum atomic E-state index is -0.673. The van der Waals surface area contributed by atoms with Crippen LogP contribution in [0.25, 0.3) is 11.0 Å². The maximum absolute atomic E-state index is 13.1. The molecule has 0 N–H and O–H groups in total. The number of halogens is 1. The molecule has 0 saturated heterocycles. The van der Waals surface area contributed by atoms with Gasteiger partial charge in [-0.1, -0.05) is 29.8 Å². The largest absolute Gasteiger partial charge is 0.481 e. The summed E-state index contributed by atoms with van der Waals surface area (Å²) in [5, 5.41) is 0.564. The number of ether oxygens (including phenoxy) is 1. The van der Waals surface area contributed by atoms with Crippen LogP contribution in [0.2, 0.25) is 5.02 Å². The van der Waals surface area contributed by atoms with Crippen LogP contribution in [-0.2, 0) is 4.79 Å². The lowest BCUT2D eigenvalue weighted by molar-refractivity contribution is -0.124. The SMILES string of the molecule is C[C@H](Oc1cccc(Cl)c1)C(=O)N1CCN(C)c2nc3ccccc3nc21. The Morgan fingerprint density at radius 1 is 1.07 bits per heavy atom. The van der Waals surface area contributed by atoms with Gasteiger partial charge in [0.1, 0.15) is 5.75 Å². The van der Waals surface area contributed by atoms with Gasteiger partial charge in [-0.3, -0.25) is 9.69 Å². The first-order valence-corrected chi connectivity index (χ1v) is 9.12. The Kier molecular flexibility index (Phi) is 4.58. The van der Waals surface area contributed by atoms with Gasteiger partial charge in [-0.2, -0.15) is 0 Å². The van der Waals surface area contributed by atoms with Crippen LogP contribution in [0.15, 0.2) is 48.5 Å². The van der Waals surface area contributed by atoms with E-state index >= 15 is 0 Å². The Morgan fingerprint density at radius 2 is 1.78 bits per heavy atom. The second-order valence-electron chi connectivity index (χ2n) is 6.49. The Balaban J connectivity index is 1.65. The van der Waals surface area contributed by atoms with E-state index < -0.39 is 6.10 Å². The molecule has 1 aliphatic heterocycles. The van der Waals surface area contributed by atoms with E-state index in [0.29, 0.717) is 35.5 Å². The van der Waals surface area contributed by atoms with E-state index in [-0.39, 0.29) is 5.91 Å². The Bertz CT molecular complexity index is 1010. The lowest BCUT2D eigenvalue weighted by Gasteiger charge is -2.34. The summed E-state index contributed by atoms with van der Waals surface area (Å²) in [6.07, 6.45) is -0.673. The molecule has 1 amide bonds. The van der Waals surface area contributed by atoms with Crippen molar-refractivity contribution in [2.45, 2.75) is 13.0 Å². The number of hydrogen-bond donors (Lipinski definition) is 0. The third-order valence-corrected chi connectivity index (χ3v) is 4.77. The van der Waals surface area contributed by atoms with Crippen molar-refractivity contribution >= 4 is 40.2 Å². The summed E-state index contributed by atoms with van der Waals surface area (Å²) in [6.45, 7) is 2.93. The molecule has 0 spiro atoms. The smallest absolute Gasteiger partial charge is 0.269 e. The number of likely N-dealkylation sites (N-methyl/N-ethyl adjacent to an activating group) is 1. The van der Waals surface area contributed by atoms with Crippen molar-refractivity contribution in [2.75, 3.05) is 29.9 Å². The number of carbonyl (C=O) groups is 1. The normalized spacial score (nSPS) is 14.8. The summed E-state index contributed by atoms with van der Waals surface area (Å²) in [4.78, 5) is 26.1. The second kappa shape index (κ2) is 7.04. The van der Waals surface area contributed by atoms with Gasteiger partial charge in [-0.05, 0) is 37.3 Å². The molecule has 0 saturated carbocycles. The molecule has 0 bridgehead atoms. The van der Waals surface area contributed by atoms with Gasteiger partial charge in [0, 0.05) is 25.2 Å². The summed E-state index contributed by atoms with van der Waals surface area (Å²) in [5.41, 5.74) is 1.56. The zero-order valence-corrected chi connectivity index (χ0v) is 15.8. The topological polar surface area (TPSA) is 58.6 Å². The highest BCUT2D eigenvalue weighted by Gasteiger charge is 2.31. The fourth-order valence-electron chi connectivity index (χ4n) is 3.11. The molecular weight excluding hydrogens is 364 g/mol. The number of fused-ring (bicyclic) bond motifs is 2. The van der Waals surface area contributed by atoms with Gasteiger partial charge < -0.3 is 9.64 Å². The third-order valence-electron chi connectivity index (χ3n) is 4.53. The summed E-state index contributed by atoms with van der Waals surface area (Å²) in [7, 11) is 1.95. The molecule has 0 fully saturated rings. The number of nitrogens with zero attached hydrogens (tertiary/aromatic N) is 4. The lowest BCUT2D eigenvalue weighted by atomic mass is 10.2. The van der Waals surface area contributed by atoms with E-state index in [4.69, 9.17) is 26.3 Å². The minimum Gasteiger partial charge on any atom is -0.481 e. The zero-order chi connectivity index (χ0) is 19.0. The monoisotopic (exact) mass is 382 g/mol. The Hall–Kier alpha value is -2.86. The van der Waals surface area contributed by atoms with Crippen molar-refractivity contribution in [3.05, 3.63) is 53.6 Å². The molecule has 2 heterocycles. The van der Waals surface area contributed by atoms with Crippen molar-refractivity contribution < 1.29 is 9.53 Å². The number of amides is 1. The van der Waals surface area contributed by atoms with Crippen LogP contribution in [0, 0.1) is 0 Å². The molecular formula is C20H19ClN4O2. The summed E-state index contributed by atoms with van der Waals surface area (Å²) >= 11 is 6.00. The maximum Gasteiger partial charge on any atom is 0.269 e. The molecule has 3 aromatic rings. The summed E-state index contributed by atoms with van der Waals surface area (Å²) in [6, 6.07) is 14.7. The van der Waals surface area contributed by atoms with E-state index in [9.17, 15) is 4.79 Å². The maximum atomic E-state index is 13.1. The minimum absolute atomic E-state index is 0.158. The van der Waals surface area contributed by atoms with Gasteiger partial charge in [0.15, 0.2) is 17.7 Å². The van der Waals surface area contributed by atoms with Gasteiger partial charge in [-0.15, -0.1) is 0 Å². The molecule has 0 radical (unpaired) electrons. The summed E-state index contributed by atoms with van der Waals surface area (Å²) < 4.78 is 5.80. The van der Waals surface area contributed by atoms with E-state index in [1.807, 2.05) is 36.2 Å². The number of carbonyl (C=O) groups excluding carboxylic acids is 1. The molecule has 2 aromatic carbocycles. The predicted molar refractivity (Wildman–Crippen MR) is 107 cm³/mol. The molecule has 1 aromatic heterocycles. The molecule has 0 aliphatic carbocycles. The van der Waals surface area contributed by atoms with Crippen LogP contribution in [0.5, 0.6) is 5.75 Å². The van der Waals surface area contributed by atoms with Crippen LogP contribution < -0.4 is 14.5 Å². The quantitative estimate of drug-likeness (QED) is 0.693. The van der Waals surface area contributed by atoms with Gasteiger partial charge in [0.25, 0.3) is 5.91 Å². The zero-order valence-electron chi connectivity index (χ0n) is 15.1. The third kappa shape index (κ3) is 3.40. The van der Waals surface area contributed by atoms with Crippen molar-refractivity contribution in [1.29, 1.82) is 0 Å². The highest BCUT2D eigenvalue weighted by atomic mass is 35.5.